The number of benzene rings is 2. The molecule has 1 aliphatic rings. The van der Waals surface area contributed by atoms with Crippen LogP contribution in [0.1, 0.15) is 42.7 Å². The zero-order chi connectivity index (χ0) is 17.8. The maximum atomic E-state index is 9.95. The number of phenols is 1. The molecule has 2 nitrogen and oxygen atoms in total. The van der Waals surface area contributed by atoms with Gasteiger partial charge < -0.3 is 10.0 Å². The average Bonchev–Trinajstić information content (AvgIpc) is 2.78. The Balaban J connectivity index is 0.00000243. The highest BCUT2D eigenvalue weighted by molar-refractivity contribution is 6.30. The first-order valence-corrected chi connectivity index (χ1v) is 9.34. The van der Waals surface area contributed by atoms with Crippen LogP contribution in [0.3, 0.4) is 0 Å². The molecule has 2 aromatic rings. The number of likely N-dealkylation sites (N-methyl/N-ethyl adjacent to an activating group) is 1. The number of nitrogens with zero attached hydrogens (tertiary/aromatic N) is 1. The minimum absolute atomic E-state index is 0. The summed E-state index contributed by atoms with van der Waals surface area (Å²) in [5, 5.41) is 10.7. The van der Waals surface area contributed by atoms with Crippen molar-refractivity contribution in [2.45, 2.75) is 31.6 Å². The molecule has 3 rings (SSSR count). The van der Waals surface area contributed by atoms with E-state index in [1.165, 1.54) is 29.6 Å². The Morgan fingerprint density at radius 2 is 1.81 bits per heavy atom. The van der Waals surface area contributed by atoms with Crippen LogP contribution in [-0.4, -0.2) is 30.6 Å². The van der Waals surface area contributed by atoms with Gasteiger partial charge in [-0.15, -0.1) is 12.4 Å². The second kappa shape index (κ2) is 9.45. The monoisotopic (exact) mass is 391 g/mol. The predicted molar refractivity (Wildman–Crippen MR) is 113 cm³/mol. The summed E-state index contributed by atoms with van der Waals surface area (Å²) in [5.74, 6) is 0.737. The molecule has 0 aliphatic heterocycles. The van der Waals surface area contributed by atoms with Crippen LogP contribution in [0.5, 0.6) is 5.75 Å². The minimum Gasteiger partial charge on any atom is -0.508 e. The van der Waals surface area contributed by atoms with Crippen LogP contribution in [0.4, 0.5) is 0 Å². The molecule has 0 amide bonds. The molecule has 140 valence electrons. The summed E-state index contributed by atoms with van der Waals surface area (Å²) >= 11 is 6.10. The number of hydrogen-bond acceptors (Lipinski definition) is 2. The Morgan fingerprint density at radius 1 is 1.08 bits per heavy atom. The predicted octanol–water partition coefficient (Wildman–Crippen LogP) is 6.14. The van der Waals surface area contributed by atoms with Gasteiger partial charge in [-0.25, -0.2) is 0 Å². The van der Waals surface area contributed by atoms with E-state index in [4.69, 9.17) is 11.6 Å². The van der Waals surface area contributed by atoms with Crippen molar-refractivity contribution in [1.29, 1.82) is 0 Å². The van der Waals surface area contributed by atoms with Gasteiger partial charge in [0.05, 0.1) is 0 Å². The van der Waals surface area contributed by atoms with Crippen molar-refractivity contribution in [3.8, 4) is 5.75 Å². The fourth-order valence-electron chi connectivity index (χ4n) is 3.83. The number of halogens is 2. The number of aromatic hydroxyl groups is 1. The molecule has 0 saturated heterocycles. The number of rotatable bonds is 4. The Morgan fingerprint density at radius 3 is 2.46 bits per heavy atom. The van der Waals surface area contributed by atoms with E-state index < -0.39 is 0 Å². The lowest BCUT2D eigenvalue weighted by molar-refractivity contribution is 0.431. The molecule has 26 heavy (non-hydrogen) atoms. The van der Waals surface area contributed by atoms with Crippen LogP contribution in [0, 0.1) is 0 Å². The third-order valence-corrected chi connectivity index (χ3v) is 5.18. The molecule has 4 heteroatoms. The van der Waals surface area contributed by atoms with Gasteiger partial charge in [-0.3, -0.25) is 0 Å². The minimum atomic E-state index is 0. The Hall–Kier alpha value is -1.48. The molecule has 1 N–H and O–H groups in total. The molecule has 0 bridgehead atoms. The lowest BCUT2D eigenvalue weighted by atomic mass is 9.84. The third-order valence-electron chi connectivity index (χ3n) is 4.93. The van der Waals surface area contributed by atoms with Gasteiger partial charge in [0.25, 0.3) is 0 Å². The van der Waals surface area contributed by atoms with Gasteiger partial charge in [0, 0.05) is 17.5 Å². The molecule has 1 unspecified atom stereocenters. The van der Waals surface area contributed by atoms with Crippen molar-refractivity contribution < 1.29 is 5.11 Å². The average molecular weight is 392 g/mol. The van der Waals surface area contributed by atoms with E-state index in [9.17, 15) is 5.11 Å². The number of allylic oxidation sites excluding steroid dienone is 1. The molecular weight excluding hydrogens is 365 g/mol. The summed E-state index contributed by atoms with van der Waals surface area (Å²) in [4.78, 5) is 2.24. The molecule has 0 spiro atoms. The van der Waals surface area contributed by atoms with E-state index in [0.29, 0.717) is 11.7 Å². The maximum absolute atomic E-state index is 9.95. The highest BCUT2D eigenvalue weighted by Crippen LogP contribution is 2.41. The highest BCUT2D eigenvalue weighted by atomic mass is 35.5. The van der Waals surface area contributed by atoms with Crippen LogP contribution < -0.4 is 0 Å². The maximum Gasteiger partial charge on any atom is 0.116 e. The van der Waals surface area contributed by atoms with Crippen molar-refractivity contribution in [2.75, 3.05) is 20.6 Å². The lowest BCUT2D eigenvalue weighted by Crippen LogP contribution is -2.20. The van der Waals surface area contributed by atoms with Gasteiger partial charge in [-0.1, -0.05) is 42.3 Å². The lowest BCUT2D eigenvalue weighted by Gasteiger charge is -2.25. The molecule has 0 fully saturated rings. The summed E-state index contributed by atoms with van der Waals surface area (Å²) in [7, 11) is 4.24. The quantitative estimate of drug-likeness (QED) is 0.676. The summed E-state index contributed by atoms with van der Waals surface area (Å²) < 4.78 is 0. The largest absolute Gasteiger partial charge is 0.508 e. The molecule has 1 aliphatic carbocycles. The van der Waals surface area contributed by atoms with Gasteiger partial charge in [0.15, 0.2) is 0 Å². The topological polar surface area (TPSA) is 23.5 Å². The van der Waals surface area contributed by atoms with Crippen LogP contribution in [0.2, 0.25) is 5.02 Å². The molecule has 1 atom stereocenters. The first-order chi connectivity index (χ1) is 12.0. The van der Waals surface area contributed by atoms with Crippen LogP contribution in [0.25, 0.3) is 5.57 Å². The summed E-state index contributed by atoms with van der Waals surface area (Å²) in [6, 6.07) is 16.0. The third kappa shape index (κ3) is 5.03. The first kappa shape index (κ1) is 20.8. The Bertz CT molecular complexity index is 753. The van der Waals surface area contributed by atoms with E-state index in [1.807, 2.05) is 24.3 Å². The van der Waals surface area contributed by atoms with Crippen molar-refractivity contribution in [3.63, 3.8) is 0 Å². The molecule has 0 aromatic heterocycles. The molecule has 2 aromatic carbocycles. The van der Waals surface area contributed by atoms with Crippen LogP contribution in [0.15, 0.2) is 54.1 Å². The van der Waals surface area contributed by atoms with E-state index in [0.717, 1.165) is 30.0 Å². The highest BCUT2D eigenvalue weighted by Gasteiger charge is 2.24. The van der Waals surface area contributed by atoms with E-state index in [2.05, 4.69) is 37.2 Å². The number of hydrogen-bond donors (Lipinski definition) is 1. The standard InChI is InChI=1S/C22H26ClNO.ClH/c1-24(2)15-22-20(16-10-12-18(23)13-11-16)8-3-4-9-21(22)17-6-5-7-19(25)14-17;/h5-7,10-14,20,25H,3-4,8-9,15H2,1-2H3;1H. The molecule has 0 saturated carbocycles. The normalized spacial score (nSPS) is 17.8. The fraction of sp³-hybridized carbons (Fsp3) is 0.364. The van der Waals surface area contributed by atoms with E-state index in [1.54, 1.807) is 6.07 Å². The zero-order valence-corrected chi connectivity index (χ0v) is 17.0. The van der Waals surface area contributed by atoms with Gasteiger partial charge in [-0.05, 0) is 79.9 Å². The summed E-state index contributed by atoms with van der Waals surface area (Å²) in [6.45, 7) is 0.929. The van der Waals surface area contributed by atoms with Crippen molar-refractivity contribution in [1.82, 2.24) is 4.90 Å². The second-order valence-corrected chi connectivity index (χ2v) is 7.58. The van der Waals surface area contributed by atoms with Crippen LogP contribution >= 0.6 is 24.0 Å². The van der Waals surface area contributed by atoms with Gasteiger partial charge in [0.2, 0.25) is 0 Å². The van der Waals surface area contributed by atoms with Crippen molar-refractivity contribution in [2.24, 2.45) is 0 Å². The summed E-state index contributed by atoms with van der Waals surface area (Å²) in [5.41, 5.74) is 5.34. The smallest absolute Gasteiger partial charge is 0.116 e. The molecular formula is C22H27Cl2NO. The van der Waals surface area contributed by atoms with Gasteiger partial charge >= 0.3 is 0 Å². The summed E-state index contributed by atoms with van der Waals surface area (Å²) in [6.07, 6.45) is 4.63. The van der Waals surface area contributed by atoms with Crippen molar-refractivity contribution in [3.05, 3.63) is 70.3 Å². The second-order valence-electron chi connectivity index (χ2n) is 7.14. The SMILES string of the molecule is CN(C)CC1=C(c2cccc(O)c2)CCCCC1c1ccc(Cl)cc1.Cl. The Labute approximate surface area is 167 Å². The molecule has 0 radical (unpaired) electrons. The van der Waals surface area contributed by atoms with Crippen molar-refractivity contribution >= 4 is 29.6 Å². The number of phenolic OH excluding ortho intramolecular Hbond substituents is 1. The Kier molecular flexibility index (Phi) is 7.57. The van der Waals surface area contributed by atoms with E-state index in [-0.39, 0.29) is 12.4 Å². The zero-order valence-electron chi connectivity index (χ0n) is 15.4. The van der Waals surface area contributed by atoms with Crippen LogP contribution in [-0.2, 0) is 0 Å². The first-order valence-electron chi connectivity index (χ1n) is 8.96. The van der Waals surface area contributed by atoms with Gasteiger partial charge in [0.1, 0.15) is 5.75 Å². The molecule has 0 heterocycles. The van der Waals surface area contributed by atoms with E-state index >= 15 is 0 Å². The van der Waals surface area contributed by atoms with Gasteiger partial charge in [-0.2, -0.15) is 0 Å². The fourth-order valence-corrected chi connectivity index (χ4v) is 3.95.